The average Bonchev–Trinajstić information content (AvgIpc) is 2.40. The summed E-state index contributed by atoms with van der Waals surface area (Å²) in [7, 11) is 1.85. The molecule has 0 aliphatic heterocycles. The Hall–Kier alpha value is -1.88. The Morgan fingerprint density at radius 1 is 1.00 bits per heavy atom. The van der Waals surface area contributed by atoms with E-state index in [0.29, 0.717) is 13.0 Å². The lowest BCUT2D eigenvalue weighted by Crippen LogP contribution is -2.28. The number of amides is 2. The molecule has 0 radical (unpaired) electrons. The maximum Gasteiger partial charge on any atom is 0.226 e. The van der Waals surface area contributed by atoms with Crippen LogP contribution in [0, 0.1) is 0 Å². The molecule has 0 atom stereocenters. The minimum Gasteiger partial charge on any atom is -0.356 e. The van der Waals surface area contributed by atoms with E-state index < -0.39 is 0 Å². The van der Waals surface area contributed by atoms with Crippen molar-refractivity contribution in [2.45, 2.75) is 19.3 Å². The van der Waals surface area contributed by atoms with Crippen LogP contribution in [0.5, 0.6) is 0 Å². The second-order valence-electron chi connectivity index (χ2n) is 4.22. The van der Waals surface area contributed by atoms with Crippen LogP contribution < -0.4 is 16.0 Å². The van der Waals surface area contributed by atoms with Gasteiger partial charge in [-0.2, -0.15) is 0 Å². The number of rotatable bonds is 8. The molecule has 0 heterocycles. The zero-order valence-electron chi connectivity index (χ0n) is 11.2. The van der Waals surface area contributed by atoms with Gasteiger partial charge < -0.3 is 16.0 Å². The summed E-state index contributed by atoms with van der Waals surface area (Å²) in [5.41, 5.74) is 0.771. The Balaban J connectivity index is 2.12. The second-order valence-corrected chi connectivity index (χ2v) is 4.22. The van der Waals surface area contributed by atoms with Crippen LogP contribution in [0.15, 0.2) is 30.3 Å². The second kappa shape index (κ2) is 9.10. The summed E-state index contributed by atoms with van der Waals surface area (Å²) in [6, 6.07) is 9.27. The van der Waals surface area contributed by atoms with Gasteiger partial charge in [-0.25, -0.2) is 0 Å². The summed E-state index contributed by atoms with van der Waals surface area (Å²) in [4.78, 5) is 23.0. The number of benzene rings is 1. The van der Waals surface area contributed by atoms with Gasteiger partial charge in [-0.3, -0.25) is 9.59 Å². The molecule has 2 amide bonds. The maximum atomic E-state index is 11.6. The maximum absolute atomic E-state index is 11.6. The summed E-state index contributed by atoms with van der Waals surface area (Å²) in [5, 5.41) is 8.48. The van der Waals surface area contributed by atoms with Gasteiger partial charge in [0.2, 0.25) is 11.8 Å². The molecule has 0 saturated carbocycles. The van der Waals surface area contributed by atoms with Crippen molar-refractivity contribution in [2.24, 2.45) is 0 Å². The molecule has 0 bridgehead atoms. The highest BCUT2D eigenvalue weighted by Crippen LogP contribution is 2.04. The smallest absolute Gasteiger partial charge is 0.226 e. The number of hydrogen-bond donors (Lipinski definition) is 3. The van der Waals surface area contributed by atoms with E-state index >= 15 is 0 Å². The molecule has 0 fully saturated rings. The first-order valence-electron chi connectivity index (χ1n) is 6.48. The van der Waals surface area contributed by atoms with E-state index in [-0.39, 0.29) is 18.2 Å². The van der Waals surface area contributed by atoms with Gasteiger partial charge in [-0.1, -0.05) is 18.2 Å². The Labute approximate surface area is 113 Å². The number of carbonyl (C=O) groups excluding carboxylic acids is 2. The quantitative estimate of drug-likeness (QED) is 0.616. The van der Waals surface area contributed by atoms with Crippen LogP contribution in [0.3, 0.4) is 0 Å². The highest BCUT2D eigenvalue weighted by molar-refractivity contribution is 5.91. The van der Waals surface area contributed by atoms with E-state index in [1.165, 1.54) is 0 Å². The predicted molar refractivity (Wildman–Crippen MR) is 75.9 cm³/mol. The molecule has 0 saturated heterocycles. The minimum absolute atomic E-state index is 0.0113. The Morgan fingerprint density at radius 2 is 1.74 bits per heavy atom. The summed E-state index contributed by atoms with van der Waals surface area (Å²) in [6.07, 6.45) is 1.58. The molecule has 19 heavy (non-hydrogen) atoms. The van der Waals surface area contributed by atoms with Gasteiger partial charge in [-0.05, 0) is 32.1 Å². The van der Waals surface area contributed by atoms with Crippen LogP contribution >= 0.6 is 0 Å². The Morgan fingerprint density at radius 3 is 2.42 bits per heavy atom. The van der Waals surface area contributed by atoms with Gasteiger partial charge in [-0.15, -0.1) is 0 Å². The van der Waals surface area contributed by atoms with Gasteiger partial charge in [0, 0.05) is 25.1 Å². The van der Waals surface area contributed by atoms with Crippen LogP contribution in [0.25, 0.3) is 0 Å². The molecule has 0 aromatic heterocycles. The Kier molecular flexibility index (Phi) is 7.27. The molecule has 1 rings (SSSR count). The van der Waals surface area contributed by atoms with Crippen LogP contribution in [0.4, 0.5) is 5.69 Å². The molecule has 104 valence electrons. The fourth-order valence-electron chi connectivity index (χ4n) is 1.57. The topological polar surface area (TPSA) is 70.2 Å². The molecule has 3 N–H and O–H groups in total. The van der Waals surface area contributed by atoms with Crippen LogP contribution in [0.1, 0.15) is 19.3 Å². The molecule has 1 aromatic carbocycles. The third kappa shape index (κ3) is 7.21. The van der Waals surface area contributed by atoms with Crippen molar-refractivity contribution in [1.29, 1.82) is 0 Å². The van der Waals surface area contributed by atoms with Gasteiger partial charge >= 0.3 is 0 Å². The molecule has 0 aliphatic carbocycles. The normalized spacial score (nSPS) is 9.95. The van der Waals surface area contributed by atoms with E-state index in [1.54, 1.807) is 0 Å². The van der Waals surface area contributed by atoms with Crippen molar-refractivity contribution in [2.75, 3.05) is 25.5 Å². The first-order valence-corrected chi connectivity index (χ1v) is 6.48. The van der Waals surface area contributed by atoms with Gasteiger partial charge in [0.15, 0.2) is 0 Å². The van der Waals surface area contributed by atoms with Gasteiger partial charge in [0.1, 0.15) is 0 Å². The zero-order valence-corrected chi connectivity index (χ0v) is 11.2. The number of carbonyl (C=O) groups is 2. The first kappa shape index (κ1) is 15.2. The summed E-state index contributed by atoms with van der Waals surface area (Å²) in [5.74, 6) is -0.107. The minimum atomic E-state index is -0.0956. The highest BCUT2D eigenvalue weighted by Gasteiger charge is 2.04. The fraction of sp³-hybridized carbons (Fsp3) is 0.429. The first-order chi connectivity index (χ1) is 9.22. The molecule has 0 spiro atoms. The van der Waals surface area contributed by atoms with Crippen LogP contribution in [0.2, 0.25) is 0 Å². The van der Waals surface area contributed by atoms with Crippen molar-refractivity contribution in [3.63, 3.8) is 0 Å². The number of hydrogen-bond acceptors (Lipinski definition) is 3. The molecule has 5 heteroatoms. The predicted octanol–water partition coefficient (Wildman–Crippen LogP) is 1.13. The molecule has 5 nitrogen and oxygen atoms in total. The molecular formula is C14H21N3O2. The summed E-state index contributed by atoms with van der Waals surface area (Å²) in [6.45, 7) is 1.19. The van der Waals surface area contributed by atoms with E-state index in [1.807, 2.05) is 37.4 Å². The highest BCUT2D eigenvalue weighted by atomic mass is 16.2. The Bertz CT molecular complexity index is 393. The van der Waals surface area contributed by atoms with Crippen molar-refractivity contribution in [1.82, 2.24) is 10.6 Å². The van der Waals surface area contributed by atoms with Gasteiger partial charge in [0.25, 0.3) is 0 Å². The zero-order chi connectivity index (χ0) is 13.9. The summed E-state index contributed by atoms with van der Waals surface area (Å²) < 4.78 is 0. The third-order valence-corrected chi connectivity index (χ3v) is 2.56. The van der Waals surface area contributed by atoms with Crippen molar-refractivity contribution >= 4 is 17.5 Å². The standard InChI is InChI=1S/C14H21N3O2/c1-15-10-5-8-13(18)16-11-9-14(19)17-12-6-3-2-4-7-12/h2-4,6-7,15H,5,8-11H2,1H3,(H,16,18)(H,17,19). The van der Waals surface area contributed by atoms with Crippen molar-refractivity contribution in [3.05, 3.63) is 30.3 Å². The lowest BCUT2D eigenvalue weighted by Gasteiger charge is -2.06. The molecule has 1 aromatic rings. The molecule has 0 aliphatic rings. The number of para-hydroxylation sites is 1. The van der Waals surface area contributed by atoms with E-state index in [4.69, 9.17) is 0 Å². The van der Waals surface area contributed by atoms with Crippen LogP contribution in [-0.2, 0) is 9.59 Å². The lowest BCUT2D eigenvalue weighted by molar-refractivity contribution is -0.121. The van der Waals surface area contributed by atoms with E-state index in [0.717, 1.165) is 18.7 Å². The third-order valence-electron chi connectivity index (χ3n) is 2.56. The van der Waals surface area contributed by atoms with Crippen molar-refractivity contribution < 1.29 is 9.59 Å². The van der Waals surface area contributed by atoms with Crippen LogP contribution in [-0.4, -0.2) is 32.0 Å². The van der Waals surface area contributed by atoms with Gasteiger partial charge in [0.05, 0.1) is 0 Å². The fourth-order valence-corrected chi connectivity index (χ4v) is 1.57. The van der Waals surface area contributed by atoms with Crippen molar-refractivity contribution in [3.8, 4) is 0 Å². The largest absolute Gasteiger partial charge is 0.356 e. The van der Waals surface area contributed by atoms with E-state index in [9.17, 15) is 9.59 Å². The molecular weight excluding hydrogens is 242 g/mol. The molecule has 0 unspecified atom stereocenters. The number of nitrogens with one attached hydrogen (secondary N) is 3. The lowest BCUT2D eigenvalue weighted by atomic mass is 10.3. The number of anilines is 1. The summed E-state index contributed by atoms with van der Waals surface area (Å²) >= 11 is 0. The van der Waals surface area contributed by atoms with E-state index in [2.05, 4.69) is 16.0 Å². The SMILES string of the molecule is CNCCCC(=O)NCCC(=O)Nc1ccccc1. The monoisotopic (exact) mass is 263 g/mol. The average molecular weight is 263 g/mol.